The molecule has 1 aromatic heterocycles. The number of carbonyl (C=O) groups is 1. The number of Topliss-reactive ketones (excluding diaryl/α,β-unsaturated/α-hetero) is 1. The predicted molar refractivity (Wildman–Crippen MR) is 53.5 cm³/mol. The second-order valence-electron chi connectivity index (χ2n) is 3.50. The van der Waals surface area contributed by atoms with E-state index in [0.29, 0.717) is 17.5 Å². The Bertz CT molecular complexity index is 307. The SMILES string of the molecule is O=C(CN1CC(CO)C1)c1nccs1. The fourth-order valence-corrected chi connectivity index (χ4v) is 2.12. The van der Waals surface area contributed by atoms with Gasteiger partial charge in [-0.2, -0.15) is 0 Å². The lowest BCUT2D eigenvalue weighted by molar-refractivity contribution is 0.0490. The summed E-state index contributed by atoms with van der Waals surface area (Å²) in [6.45, 7) is 2.31. The van der Waals surface area contributed by atoms with Gasteiger partial charge in [0.1, 0.15) is 0 Å². The Morgan fingerprint density at radius 1 is 1.71 bits per heavy atom. The second-order valence-corrected chi connectivity index (χ2v) is 4.40. The number of aliphatic hydroxyl groups is 1. The van der Waals surface area contributed by atoms with Crippen molar-refractivity contribution in [2.75, 3.05) is 26.2 Å². The average Bonchev–Trinajstić information content (AvgIpc) is 2.62. The van der Waals surface area contributed by atoms with Crippen LogP contribution < -0.4 is 0 Å². The van der Waals surface area contributed by atoms with Gasteiger partial charge in [-0.3, -0.25) is 9.69 Å². The highest BCUT2D eigenvalue weighted by molar-refractivity contribution is 7.11. The number of hydrogen-bond acceptors (Lipinski definition) is 5. The molecule has 1 saturated heterocycles. The van der Waals surface area contributed by atoms with Gasteiger partial charge in [0.25, 0.3) is 0 Å². The third-order valence-corrected chi connectivity index (χ3v) is 3.14. The average molecular weight is 212 g/mol. The van der Waals surface area contributed by atoms with Crippen molar-refractivity contribution in [3.05, 3.63) is 16.6 Å². The van der Waals surface area contributed by atoms with Crippen molar-refractivity contribution in [2.45, 2.75) is 0 Å². The zero-order valence-electron chi connectivity index (χ0n) is 7.72. The van der Waals surface area contributed by atoms with Gasteiger partial charge in [0, 0.05) is 37.2 Å². The molecule has 0 unspecified atom stereocenters. The molecule has 0 bridgehead atoms. The highest BCUT2D eigenvalue weighted by atomic mass is 32.1. The number of rotatable bonds is 4. The molecule has 1 aliphatic heterocycles. The molecular weight excluding hydrogens is 200 g/mol. The highest BCUT2D eigenvalue weighted by Gasteiger charge is 2.27. The Hall–Kier alpha value is -0.780. The molecule has 0 aliphatic carbocycles. The molecular formula is C9H12N2O2S. The summed E-state index contributed by atoms with van der Waals surface area (Å²) in [5.74, 6) is 0.440. The molecule has 4 nitrogen and oxygen atoms in total. The van der Waals surface area contributed by atoms with Crippen LogP contribution in [0.4, 0.5) is 0 Å². The Morgan fingerprint density at radius 3 is 3.07 bits per heavy atom. The maximum absolute atomic E-state index is 11.5. The summed E-state index contributed by atoms with van der Waals surface area (Å²) in [7, 11) is 0. The molecule has 0 radical (unpaired) electrons. The largest absolute Gasteiger partial charge is 0.396 e. The number of likely N-dealkylation sites (tertiary alicyclic amines) is 1. The predicted octanol–water partition coefficient (Wildman–Crippen LogP) is 0.250. The fourth-order valence-electron chi connectivity index (χ4n) is 1.55. The third-order valence-electron chi connectivity index (χ3n) is 2.33. The molecule has 2 heterocycles. The molecule has 0 amide bonds. The summed E-state index contributed by atoms with van der Waals surface area (Å²) in [5.41, 5.74) is 0. The minimum Gasteiger partial charge on any atom is -0.396 e. The van der Waals surface area contributed by atoms with Crippen LogP contribution in [0.25, 0.3) is 0 Å². The number of aromatic nitrogens is 1. The van der Waals surface area contributed by atoms with Crippen molar-refractivity contribution in [2.24, 2.45) is 5.92 Å². The van der Waals surface area contributed by atoms with Gasteiger partial charge in [0.15, 0.2) is 5.01 Å². The van der Waals surface area contributed by atoms with Crippen LogP contribution >= 0.6 is 11.3 Å². The van der Waals surface area contributed by atoms with Crippen LogP contribution in [0.3, 0.4) is 0 Å². The molecule has 0 atom stereocenters. The van der Waals surface area contributed by atoms with Crippen molar-refractivity contribution >= 4 is 17.1 Å². The lowest BCUT2D eigenvalue weighted by atomic mass is 10.0. The lowest BCUT2D eigenvalue weighted by Gasteiger charge is -2.37. The second kappa shape index (κ2) is 4.16. The van der Waals surface area contributed by atoms with Gasteiger partial charge in [-0.1, -0.05) is 0 Å². The fraction of sp³-hybridized carbons (Fsp3) is 0.556. The van der Waals surface area contributed by atoms with E-state index in [4.69, 9.17) is 5.11 Å². The topological polar surface area (TPSA) is 53.4 Å². The summed E-state index contributed by atoms with van der Waals surface area (Å²) in [5, 5.41) is 11.2. The Labute approximate surface area is 86.2 Å². The smallest absolute Gasteiger partial charge is 0.205 e. The number of thiazole rings is 1. The minimum atomic E-state index is 0.0800. The normalized spacial score (nSPS) is 18.1. The van der Waals surface area contributed by atoms with Crippen LogP contribution in [0.5, 0.6) is 0 Å². The van der Waals surface area contributed by atoms with Gasteiger partial charge >= 0.3 is 0 Å². The first kappa shape index (κ1) is 9.76. The molecule has 1 fully saturated rings. The number of aliphatic hydroxyl groups excluding tert-OH is 1. The van der Waals surface area contributed by atoms with Gasteiger partial charge in [-0.05, 0) is 0 Å². The summed E-state index contributed by atoms with van der Waals surface area (Å²) in [6, 6.07) is 0. The standard InChI is InChI=1S/C9H12N2O2S/c12-6-7-3-11(4-7)5-8(13)9-10-1-2-14-9/h1-2,7,12H,3-6H2. The first-order valence-electron chi connectivity index (χ1n) is 4.55. The minimum absolute atomic E-state index is 0.0800. The zero-order valence-corrected chi connectivity index (χ0v) is 8.54. The Balaban J connectivity index is 1.80. The summed E-state index contributed by atoms with van der Waals surface area (Å²) >= 11 is 1.38. The van der Waals surface area contributed by atoms with E-state index in [9.17, 15) is 4.79 Å². The van der Waals surface area contributed by atoms with Crippen LogP contribution in [0.2, 0.25) is 0 Å². The monoisotopic (exact) mass is 212 g/mol. The van der Waals surface area contributed by atoms with E-state index in [0.717, 1.165) is 13.1 Å². The van der Waals surface area contributed by atoms with Gasteiger partial charge in [0.2, 0.25) is 5.78 Å². The lowest BCUT2D eigenvalue weighted by Crippen LogP contribution is -2.50. The van der Waals surface area contributed by atoms with E-state index in [1.54, 1.807) is 11.6 Å². The first-order valence-corrected chi connectivity index (χ1v) is 5.43. The van der Waals surface area contributed by atoms with Crippen molar-refractivity contribution in [3.63, 3.8) is 0 Å². The van der Waals surface area contributed by atoms with Gasteiger partial charge in [0.05, 0.1) is 6.54 Å². The highest BCUT2D eigenvalue weighted by Crippen LogP contribution is 2.15. The Kier molecular flexibility index (Phi) is 2.90. The number of ketones is 1. The van der Waals surface area contributed by atoms with Crippen LogP contribution in [0.1, 0.15) is 9.80 Å². The number of hydrogen-bond donors (Lipinski definition) is 1. The first-order chi connectivity index (χ1) is 6.79. The summed E-state index contributed by atoms with van der Waals surface area (Å²) < 4.78 is 0. The third kappa shape index (κ3) is 2.00. The van der Waals surface area contributed by atoms with Crippen molar-refractivity contribution in [1.29, 1.82) is 0 Å². The molecule has 1 aliphatic rings. The molecule has 2 rings (SSSR count). The molecule has 1 aromatic rings. The van der Waals surface area contributed by atoms with Crippen molar-refractivity contribution < 1.29 is 9.90 Å². The van der Waals surface area contributed by atoms with Crippen molar-refractivity contribution in [3.8, 4) is 0 Å². The Morgan fingerprint density at radius 2 is 2.50 bits per heavy atom. The summed E-state index contributed by atoms with van der Waals surface area (Å²) in [6.07, 6.45) is 1.64. The van der Waals surface area contributed by atoms with E-state index in [1.165, 1.54) is 11.3 Å². The van der Waals surface area contributed by atoms with Gasteiger partial charge in [-0.15, -0.1) is 11.3 Å². The molecule has 1 N–H and O–H groups in total. The van der Waals surface area contributed by atoms with E-state index < -0.39 is 0 Å². The van der Waals surface area contributed by atoms with Crippen LogP contribution in [0.15, 0.2) is 11.6 Å². The van der Waals surface area contributed by atoms with Crippen molar-refractivity contribution in [1.82, 2.24) is 9.88 Å². The molecule has 76 valence electrons. The number of nitrogens with zero attached hydrogens (tertiary/aromatic N) is 2. The van der Waals surface area contributed by atoms with E-state index in [-0.39, 0.29) is 12.4 Å². The van der Waals surface area contributed by atoms with Crippen LogP contribution in [-0.4, -0.2) is 47.0 Å². The van der Waals surface area contributed by atoms with Gasteiger partial charge in [-0.25, -0.2) is 4.98 Å². The molecule has 0 aromatic carbocycles. The van der Waals surface area contributed by atoms with Gasteiger partial charge < -0.3 is 5.11 Å². The molecule has 0 spiro atoms. The van der Waals surface area contributed by atoms with E-state index >= 15 is 0 Å². The van der Waals surface area contributed by atoms with E-state index in [2.05, 4.69) is 4.98 Å². The van der Waals surface area contributed by atoms with Crippen LogP contribution in [0, 0.1) is 5.92 Å². The van der Waals surface area contributed by atoms with E-state index in [1.807, 2.05) is 4.90 Å². The molecule has 0 saturated carbocycles. The molecule has 14 heavy (non-hydrogen) atoms. The zero-order chi connectivity index (χ0) is 9.97. The maximum Gasteiger partial charge on any atom is 0.205 e. The molecule has 5 heteroatoms. The van der Waals surface area contributed by atoms with Crippen LogP contribution in [-0.2, 0) is 0 Å². The number of carbonyl (C=O) groups excluding carboxylic acids is 1. The summed E-state index contributed by atoms with van der Waals surface area (Å²) in [4.78, 5) is 17.5. The quantitative estimate of drug-likeness (QED) is 0.727. The maximum atomic E-state index is 11.5.